The summed E-state index contributed by atoms with van der Waals surface area (Å²) in [7, 11) is -3.55. The Labute approximate surface area is 122 Å². The summed E-state index contributed by atoms with van der Waals surface area (Å²) < 4.78 is 62.1. The van der Waals surface area contributed by atoms with Gasteiger partial charge in [0.25, 0.3) is 0 Å². The Balaban J connectivity index is 2.55. The van der Waals surface area contributed by atoms with Gasteiger partial charge in [-0.05, 0) is 44.5 Å². The van der Waals surface area contributed by atoms with Crippen LogP contribution >= 0.6 is 0 Å². The topological polar surface area (TPSA) is 58.2 Å². The molecule has 0 saturated carbocycles. The minimum absolute atomic E-state index is 0.0293. The summed E-state index contributed by atoms with van der Waals surface area (Å²) in [4.78, 5) is 0.122. The van der Waals surface area contributed by atoms with E-state index in [4.69, 9.17) is 0 Å². The molecule has 0 saturated heterocycles. The second-order valence-corrected chi connectivity index (χ2v) is 6.66. The summed E-state index contributed by atoms with van der Waals surface area (Å²) in [6, 6.07) is 5.67. The smallest absolute Gasteiger partial charge is 0.385 e. The van der Waals surface area contributed by atoms with Gasteiger partial charge in [-0.3, -0.25) is 0 Å². The minimum atomic E-state index is -4.15. The maximum Gasteiger partial charge on any atom is 0.389 e. The van der Waals surface area contributed by atoms with Crippen LogP contribution in [0, 0.1) is 0 Å². The molecule has 0 atom stereocenters. The van der Waals surface area contributed by atoms with Gasteiger partial charge in [-0.25, -0.2) is 13.1 Å². The first-order valence-corrected chi connectivity index (χ1v) is 8.01. The predicted molar refractivity (Wildman–Crippen MR) is 75.7 cm³/mol. The van der Waals surface area contributed by atoms with Gasteiger partial charge in [0.2, 0.25) is 10.0 Å². The summed E-state index contributed by atoms with van der Waals surface area (Å²) in [5.41, 5.74) is 0.584. The van der Waals surface area contributed by atoms with Crippen LogP contribution in [0.25, 0.3) is 0 Å². The Morgan fingerprint density at radius 1 is 1.14 bits per heavy atom. The maximum absolute atomic E-state index is 12.0. The second-order valence-electron chi connectivity index (χ2n) is 4.95. The van der Waals surface area contributed by atoms with Crippen molar-refractivity contribution in [2.24, 2.45) is 0 Å². The molecule has 0 unspecified atom stereocenters. The molecule has 0 amide bonds. The van der Waals surface area contributed by atoms with Gasteiger partial charge >= 0.3 is 6.18 Å². The van der Waals surface area contributed by atoms with Gasteiger partial charge in [0.1, 0.15) is 0 Å². The highest BCUT2D eigenvalue weighted by molar-refractivity contribution is 7.89. The van der Waals surface area contributed by atoms with Crippen molar-refractivity contribution in [2.75, 3.05) is 11.9 Å². The van der Waals surface area contributed by atoms with Gasteiger partial charge in [0.15, 0.2) is 0 Å². The molecule has 120 valence electrons. The molecule has 4 nitrogen and oxygen atoms in total. The number of halogens is 3. The van der Waals surface area contributed by atoms with Crippen molar-refractivity contribution in [1.82, 2.24) is 4.72 Å². The van der Waals surface area contributed by atoms with Gasteiger partial charge in [-0.15, -0.1) is 0 Å². The first kappa shape index (κ1) is 17.8. The maximum atomic E-state index is 12.0. The molecule has 0 aliphatic carbocycles. The van der Waals surface area contributed by atoms with Gasteiger partial charge in [-0.2, -0.15) is 13.2 Å². The van der Waals surface area contributed by atoms with Gasteiger partial charge in [0, 0.05) is 24.7 Å². The number of sulfonamides is 1. The minimum Gasteiger partial charge on any atom is -0.385 e. The molecule has 0 aliphatic heterocycles. The number of rotatable bonds is 7. The van der Waals surface area contributed by atoms with Crippen LogP contribution in [-0.4, -0.2) is 27.2 Å². The highest BCUT2D eigenvalue weighted by atomic mass is 32.2. The fourth-order valence-electron chi connectivity index (χ4n) is 1.65. The fourth-order valence-corrected chi connectivity index (χ4v) is 2.90. The van der Waals surface area contributed by atoms with Crippen LogP contribution in [0.2, 0.25) is 0 Å². The highest BCUT2D eigenvalue weighted by Gasteiger charge is 2.25. The molecule has 2 N–H and O–H groups in total. The normalized spacial score (nSPS) is 12.7. The number of nitrogens with one attached hydrogen (secondary N) is 2. The molecule has 8 heteroatoms. The zero-order chi connectivity index (χ0) is 16.1. The van der Waals surface area contributed by atoms with Gasteiger partial charge in [0.05, 0.1) is 4.90 Å². The van der Waals surface area contributed by atoms with E-state index in [1.807, 2.05) is 0 Å². The first-order chi connectivity index (χ1) is 9.60. The van der Waals surface area contributed by atoms with E-state index in [-0.39, 0.29) is 23.9 Å². The fraction of sp³-hybridized carbons (Fsp3) is 0.538. The zero-order valence-corrected chi connectivity index (χ0v) is 12.7. The van der Waals surface area contributed by atoms with Crippen molar-refractivity contribution >= 4 is 15.7 Å². The number of alkyl halides is 3. The molecule has 0 radical (unpaired) electrons. The van der Waals surface area contributed by atoms with E-state index in [0.29, 0.717) is 5.69 Å². The Kier molecular flexibility index (Phi) is 6.03. The van der Waals surface area contributed by atoms with Crippen molar-refractivity contribution in [3.05, 3.63) is 24.3 Å². The average molecular weight is 324 g/mol. The number of hydrogen-bond acceptors (Lipinski definition) is 3. The molecule has 0 heterocycles. The summed E-state index contributed by atoms with van der Waals surface area (Å²) >= 11 is 0. The van der Waals surface area contributed by atoms with E-state index >= 15 is 0 Å². The molecule has 0 aromatic heterocycles. The number of anilines is 1. The van der Waals surface area contributed by atoms with Crippen molar-refractivity contribution in [3.63, 3.8) is 0 Å². The molecular formula is C13H19F3N2O2S. The van der Waals surface area contributed by atoms with Gasteiger partial charge in [-0.1, -0.05) is 0 Å². The van der Waals surface area contributed by atoms with Crippen LogP contribution in [0.5, 0.6) is 0 Å². The van der Waals surface area contributed by atoms with Crippen molar-refractivity contribution in [1.29, 1.82) is 0 Å². The third kappa shape index (κ3) is 6.81. The van der Waals surface area contributed by atoms with E-state index in [0.717, 1.165) is 0 Å². The van der Waals surface area contributed by atoms with E-state index in [1.165, 1.54) is 24.3 Å². The molecule has 0 bridgehead atoms. The molecular weight excluding hydrogens is 305 g/mol. The van der Waals surface area contributed by atoms with Crippen LogP contribution in [0.15, 0.2) is 29.2 Å². The first-order valence-electron chi connectivity index (χ1n) is 6.53. The third-order valence-electron chi connectivity index (χ3n) is 2.52. The van der Waals surface area contributed by atoms with Gasteiger partial charge < -0.3 is 5.32 Å². The van der Waals surface area contributed by atoms with Crippen molar-refractivity contribution in [2.45, 2.75) is 43.8 Å². The van der Waals surface area contributed by atoms with Crippen molar-refractivity contribution < 1.29 is 21.6 Å². The molecule has 21 heavy (non-hydrogen) atoms. The molecule has 1 aromatic rings. The molecule has 1 aromatic carbocycles. The van der Waals surface area contributed by atoms with E-state index in [2.05, 4.69) is 10.0 Å². The van der Waals surface area contributed by atoms with Crippen LogP contribution in [0.4, 0.5) is 18.9 Å². The van der Waals surface area contributed by atoms with Crippen LogP contribution in [-0.2, 0) is 10.0 Å². The second kappa shape index (κ2) is 7.13. The summed E-state index contributed by atoms with van der Waals surface area (Å²) in [6.45, 7) is 3.61. The predicted octanol–water partition coefficient (Wildman–Crippen LogP) is 3.13. The third-order valence-corrected chi connectivity index (χ3v) is 4.20. The lowest BCUT2D eigenvalue weighted by atomic mass is 10.3. The number of benzene rings is 1. The Morgan fingerprint density at radius 3 is 2.19 bits per heavy atom. The zero-order valence-electron chi connectivity index (χ0n) is 11.9. The lowest BCUT2D eigenvalue weighted by Crippen LogP contribution is -2.30. The Morgan fingerprint density at radius 2 is 1.71 bits per heavy atom. The van der Waals surface area contributed by atoms with E-state index in [9.17, 15) is 21.6 Å². The largest absolute Gasteiger partial charge is 0.389 e. The van der Waals surface area contributed by atoms with Crippen LogP contribution in [0.3, 0.4) is 0 Å². The lowest BCUT2D eigenvalue weighted by Gasteiger charge is -2.11. The monoisotopic (exact) mass is 324 g/mol. The summed E-state index contributed by atoms with van der Waals surface area (Å²) in [6.07, 6.45) is -5.02. The lowest BCUT2D eigenvalue weighted by molar-refractivity contribution is -0.134. The van der Waals surface area contributed by atoms with Crippen LogP contribution in [0.1, 0.15) is 26.7 Å². The number of hydrogen-bond donors (Lipinski definition) is 2. The summed E-state index contributed by atoms with van der Waals surface area (Å²) in [5.74, 6) is 0. The standard InChI is InChI=1S/C13H19F3N2O2S/c1-10(2)18-21(19,20)12-6-4-11(5-7-12)17-9-3-8-13(14,15)16/h4-7,10,17-18H,3,8-9H2,1-2H3. The Hall–Kier alpha value is -1.28. The molecule has 0 aliphatic rings. The van der Waals surface area contributed by atoms with Crippen LogP contribution < -0.4 is 10.0 Å². The SMILES string of the molecule is CC(C)NS(=O)(=O)c1ccc(NCCCC(F)(F)F)cc1. The molecule has 1 rings (SSSR count). The van der Waals surface area contributed by atoms with Crippen molar-refractivity contribution in [3.8, 4) is 0 Å². The summed E-state index contributed by atoms with van der Waals surface area (Å²) in [5, 5.41) is 2.82. The van der Waals surface area contributed by atoms with E-state index < -0.39 is 22.6 Å². The highest BCUT2D eigenvalue weighted by Crippen LogP contribution is 2.21. The Bertz CT molecular complexity index is 540. The quantitative estimate of drug-likeness (QED) is 0.758. The molecule has 0 spiro atoms. The molecule has 0 fully saturated rings. The average Bonchev–Trinajstić information content (AvgIpc) is 2.32. The van der Waals surface area contributed by atoms with E-state index in [1.54, 1.807) is 13.8 Å².